The largest absolute Gasteiger partial charge is 0.351 e. The van der Waals surface area contributed by atoms with Crippen LogP contribution in [0, 0.1) is 0 Å². The highest BCUT2D eigenvalue weighted by Crippen LogP contribution is 2.25. The molecule has 1 aliphatic heterocycles. The first-order valence-corrected chi connectivity index (χ1v) is 7.57. The Hall–Kier alpha value is -2.08. The van der Waals surface area contributed by atoms with Crippen molar-refractivity contribution in [3.63, 3.8) is 0 Å². The number of para-hydroxylation sites is 1. The van der Waals surface area contributed by atoms with Crippen molar-refractivity contribution in [2.45, 2.75) is 6.04 Å². The van der Waals surface area contributed by atoms with Crippen molar-refractivity contribution in [3.8, 4) is 0 Å². The zero-order chi connectivity index (χ0) is 14.4. The summed E-state index contributed by atoms with van der Waals surface area (Å²) in [6.07, 6.45) is 3.71. The monoisotopic (exact) mass is 344 g/mol. The van der Waals surface area contributed by atoms with Gasteiger partial charge >= 0.3 is 0 Å². The fourth-order valence-corrected chi connectivity index (χ4v) is 2.96. The normalized spacial score (nSPS) is 15.4. The van der Waals surface area contributed by atoms with Gasteiger partial charge in [-0.05, 0) is 28.1 Å². The van der Waals surface area contributed by atoms with Gasteiger partial charge in [-0.15, -0.1) is 0 Å². The molecule has 106 valence electrons. The van der Waals surface area contributed by atoms with Crippen molar-refractivity contribution in [1.82, 2.24) is 19.7 Å². The van der Waals surface area contributed by atoms with Gasteiger partial charge in [0.1, 0.15) is 5.69 Å². The molecule has 0 atom stereocenters. The molecule has 4 rings (SSSR count). The van der Waals surface area contributed by atoms with E-state index in [-0.39, 0.29) is 11.9 Å². The second-order valence-corrected chi connectivity index (χ2v) is 6.19. The minimum absolute atomic E-state index is 0.0497. The maximum Gasteiger partial charge on any atom is 0.270 e. The standard InChI is InChI=1S/C15H13BrN4O/c16-11-6-17-20(7-11)12-8-19(9-12)15(21)14-5-10-3-1-2-4-13(10)18-14/h1-7,12,18H,8-9H2. The number of carbonyl (C=O) groups excluding carboxylic acids is 1. The minimum Gasteiger partial charge on any atom is -0.351 e. The van der Waals surface area contributed by atoms with Crippen molar-refractivity contribution in [1.29, 1.82) is 0 Å². The molecule has 0 saturated carbocycles. The van der Waals surface area contributed by atoms with Gasteiger partial charge in [-0.1, -0.05) is 18.2 Å². The molecule has 6 heteroatoms. The van der Waals surface area contributed by atoms with Crippen LogP contribution >= 0.6 is 15.9 Å². The van der Waals surface area contributed by atoms with Crippen LogP contribution in [0.5, 0.6) is 0 Å². The Morgan fingerprint density at radius 2 is 2.14 bits per heavy atom. The molecule has 0 radical (unpaired) electrons. The molecule has 1 amide bonds. The molecule has 2 aromatic heterocycles. The average Bonchev–Trinajstić information content (AvgIpc) is 3.03. The summed E-state index contributed by atoms with van der Waals surface area (Å²) in [6.45, 7) is 1.39. The van der Waals surface area contributed by atoms with Gasteiger partial charge in [0.05, 0.1) is 16.7 Å². The topological polar surface area (TPSA) is 53.9 Å². The lowest BCUT2D eigenvalue weighted by Crippen LogP contribution is -2.50. The third-order valence-electron chi connectivity index (χ3n) is 3.85. The predicted molar refractivity (Wildman–Crippen MR) is 83.2 cm³/mol. The van der Waals surface area contributed by atoms with Gasteiger partial charge < -0.3 is 9.88 Å². The second-order valence-electron chi connectivity index (χ2n) is 5.27. The molecule has 3 aromatic rings. The minimum atomic E-state index is 0.0497. The fourth-order valence-electron chi connectivity index (χ4n) is 2.66. The number of carbonyl (C=O) groups is 1. The molecule has 0 aliphatic carbocycles. The van der Waals surface area contributed by atoms with Crippen LogP contribution in [-0.2, 0) is 0 Å². The molecular formula is C15H13BrN4O. The lowest BCUT2D eigenvalue weighted by atomic mass is 10.1. The Morgan fingerprint density at radius 3 is 2.86 bits per heavy atom. The summed E-state index contributed by atoms with van der Waals surface area (Å²) in [6, 6.07) is 10.1. The van der Waals surface area contributed by atoms with E-state index in [9.17, 15) is 4.79 Å². The van der Waals surface area contributed by atoms with Crippen LogP contribution < -0.4 is 0 Å². The first-order chi connectivity index (χ1) is 10.2. The van der Waals surface area contributed by atoms with E-state index in [0.717, 1.165) is 15.4 Å². The summed E-state index contributed by atoms with van der Waals surface area (Å²) in [4.78, 5) is 17.5. The van der Waals surface area contributed by atoms with E-state index < -0.39 is 0 Å². The SMILES string of the molecule is O=C(c1cc2ccccc2[nH]1)N1CC(n2cc(Br)cn2)C1. The van der Waals surface area contributed by atoms with E-state index in [1.165, 1.54) is 0 Å². The highest BCUT2D eigenvalue weighted by Gasteiger charge is 2.33. The second kappa shape index (κ2) is 4.73. The van der Waals surface area contributed by atoms with Gasteiger partial charge in [-0.2, -0.15) is 5.10 Å². The smallest absolute Gasteiger partial charge is 0.270 e. The van der Waals surface area contributed by atoms with Crippen molar-refractivity contribution in [2.24, 2.45) is 0 Å². The zero-order valence-corrected chi connectivity index (χ0v) is 12.7. The summed E-state index contributed by atoms with van der Waals surface area (Å²) in [5, 5.41) is 5.33. The predicted octanol–water partition coefficient (Wildman–Crippen LogP) is 2.82. The molecule has 0 spiro atoms. The highest BCUT2D eigenvalue weighted by molar-refractivity contribution is 9.10. The van der Waals surface area contributed by atoms with Gasteiger partial charge in [0, 0.05) is 30.2 Å². The van der Waals surface area contributed by atoms with E-state index >= 15 is 0 Å². The Kier molecular flexibility index (Phi) is 2.85. The van der Waals surface area contributed by atoms with Gasteiger partial charge in [0.2, 0.25) is 0 Å². The third-order valence-corrected chi connectivity index (χ3v) is 4.26. The Bertz CT molecular complexity index is 783. The van der Waals surface area contributed by atoms with E-state index in [4.69, 9.17) is 0 Å². The Balaban J connectivity index is 1.49. The molecule has 1 N–H and O–H groups in total. The number of nitrogens with one attached hydrogen (secondary N) is 1. The number of fused-ring (bicyclic) bond motifs is 1. The quantitative estimate of drug-likeness (QED) is 0.777. The van der Waals surface area contributed by atoms with Crippen LogP contribution in [0.3, 0.4) is 0 Å². The van der Waals surface area contributed by atoms with Crippen LogP contribution in [-0.4, -0.2) is 38.7 Å². The molecule has 0 unspecified atom stereocenters. The average molecular weight is 345 g/mol. The van der Waals surface area contributed by atoms with E-state index in [1.807, 2.05) is 46.1 Å². The molecule has 0 bridgehead atoms. The molecule has 21 heavy (non-hydrogen) atoms. The zero-order valence-electron chi connectivity index (χ0n) is 11.2. The summed E-state index contributed by atoms with van der Waals surface area (Å²) in [5.41, 5.74) is 1.64. The molecule has 1 fully saturated rings. The number of aromatic amines is 1. The van der Waals surface area contributed by atoms with Crippen LogP contribution in [0.2, 0.25) is 0 Å². The van der Waals surface area contributed by atoms with Crippen LogP contribution in [0.15, 0.2) is 47.2 Å². The lowest BCUT2D eigenvalue weighted by Gasteiger charge is -2.38. The number of rotatable bonds is 2. The number of aromatic nitrogens is 3. The Labute approximate surface area is 129 Å². The lowest BCUT2D eigenvalue weighted by molar-refractivity contribution is 0.0496. The molecule has 1 aliphatic rings. The highest BCUT2D eigenvalue weighted by atomic mass is 79.9. The van der Waals surface area contributed by atoms with Crippen LogP contribution in [0.1, 0.15) is 16.5 Å². The molecule has 3 heterocycles. The van der Waals surface area contributed by atoms with Crippen molar-refractivity contribution in [2.75, 3.05) is 13.1 Å². The van der Waals surface area contributed by atoms with Gasteiger partial charge in [-0.3, -0.25) is 9.48 Å². The summed E-state index contributed by atoms with van der Waals surface area (Å²) >= 11 is 3.39. The number of benzene rings is 1. The first-order valence-electron chi connectivity index (χ1n) is 6.77. The molecular weight excluding hydrogens is 332 g/mol. The summed E-state index contributed by atoms with van der Waals surface area (Å²) in [5.74, 6) is 0.0497. The molecule has 1 saturated heterocycles. The molecule has 1 aromatic carbocycles. The number of H-pyrrole nitrogens is 1. The molecule has 5 nitrogen and oxygen atoms in total. The van der Waals surface area contributed by atoms with Crippen molar-refractivity contribution in [3.05, 3.63) is 52.9 Å². The van der Waals surface area contributed by atoms with E-state index in [1.54, 1.807) is 6.20 Å². The van der Waals surface area contributed by atoms with Crippen LogP contribution in [0.4, 0.5) is 0 Å². The number of halogens is 1. The Morgan fingerprint density at radius 1 is 1.33 bits per heavy atom. The van der Waals surface area contributed by atoms with E-state index in [0.29, 0.717) is 18.8 Å². The number of amides is 1. The van der Waals surface area contributed by atoms with E-state index in [2.05, 4.69) is 26.0 Å². The first kappa shape index (κ1) is 12.6. The van der Waals surface area contributed by atoms with Gasteiger partial charge in [0.25, 0.3) is 5.91 Å². The van der Waals surface area contributed by atoms with Crippen molar-refractivity contribution < 1.29 is 4.79 Å². The summed E-state index contributed by atoms with van der Waals surface area (Å²) < 4.78 is 2.86. The number of hydrogen-bond donors (Lipinski definition) is 1. The number of likely N-dealkylation sites (tertiary alicyclic amines) is 1. The van der Waals surface area contributed by atoms with Gasteiger partial charge in [-0.25, -0.2) is 0 Å². The number of hydrogen-bond acceptors (Lipinski definition) is 2. The maximum atomic E-state index is 12.4. The van der Waals surface area contributed by atoms with Crippen LogP contribution in [0.25, 0.3) is 10.9 Å². The fraction of sp³-hybridized carbons (Fsp3) is 0.200. The van der Waals surface area contributed by atoms with Gasteiger partial charge in [0.15, 0.2) is 0 Å². The maximum absolute atomic E-state index is 12.4. The van der Waals surface area contributed by atoms with Crippen molar-refractivity contribution >= 4 is 32.7 Å². The third kappa shape index (κ3) is 2.15. The summed E-state index contributed by atoms with van der Waals surface area (Å²) in [7, 11) is 0. The number of nitrogens with zero attached hydrogens (tertiary/aromatic N) is 3.